The van der Waals surface area contributed by atoms with Crippen LogP contribution in [0.5, 0.6) is 5.75 Å². The molecule has 0 spiro atoms. The van der Waals surface area contributed by atoms with Crippen molar-refractivity contribution in [3.05, 3.63) is 60.2 Å². The van der Waals surface area contributed by atoms with Crippen LogP contribution in [0.4, 0.5) is 18.9 Å². The van der Waals surface area contributed by atoms with E-state index in [2.05, 4.69) is 10.1 Å². The first-order chi connectivity index (χ1) is 11.9. The van der Waals surface area contributed by atoms with Gasteiger partial charge in [0.15, 0.2) is 0 Å². The van der Waals surface area contributed by atoms with E-state index in [1.54, 1.807) is 0 Å². The second-order valence-corrected chi connectivity index (χ2v) is 5.41. The van der Waals surface area contributed by atoms with Crippen LogP contribution in [-0.2, 0) is 11.3 Å². The molecule has 7 heteroatoms. The number of hydrogen-bond acceptors (Lipinski definition) is 3. The summed E-state index contributed by atoms with van der Waals surface area (Å²) in [6.45, 7) is 3.48. The minimum Gasteiger partial charge on any atom is -0.406 e. The number of benzene rings is 2. The Bertz CT molecular complexity index is 673. The standard InChI is InChI=1S/C18H19F3N2O2/c1-2-23(12-14-6-4-3-5-7-14)13-17(24)22-15-8-10-16(11-9-15)25-18(19,20)21/h3-11H,2,12-13H2,1H3,(H,22,24). The molecular weight excluding hydrogens is 333 g/mol. The summed E-state index contributed by atoms with van der Waals surface area (Å²) in [7, 11) is 0. The van der Waals surface area contributed by atoms with Crippen LogP contribution in [0.3, 0.4) is 0 Å². The number of alkyl halides is 3. The van der Waals surface area contributed by atoms with Crippen LogP contribution in [0.25, 0.3) is 0 Å². The van der Waals surface area contributed by atoms with Crippen molar-refractivity contribution in [1.29, 1.82) is 0 Å². The number of carbonyl (C=O) groups excluding carboxylic acids is 1. The topological polar surface area (TPSA) is 41.6 Å². The maximum atomic E-state index is 12.1. The third-order valence-corrected chi connectivity index (χ3v) is 3.44. The molecule has 1 amide bonds. The van der Waals surface area contributed by atoms with E-state index in [1.807, 2.05) is 42.2 Å². The second-order valence-electron chi connectivity index (χ2n) is 5.41. The largest absolute Gasteiger partial charge is 0.573 e. The van der Waals surface area contributed by atoms with E-state index in [-0.39, 0.29) is 18.2 Å². The highest BCUT2D eigenvalue weighted by atomic mass is 19.4. The summed E-state index contributed by atoms with van der Waals surface area (Å²) in [5, 5.41) is 2.67. The smallest absolute Gasteiger partial charge is 0.406 e. The Balaban J connectivity index is 1.88. The number of carbonyl (C=O) groups is 1. The molecule has 2 aromatic rings. The molecule has 0 aliphatic heterocycles. The molecule has 0 aromatic heterocycles. The van der Waals surface area contributed by atoms with Crippen LogP contribution in [0, 0.1) is 0 Å². The van der Waals surface area contributed by atoms with Gasteiger partial charge in [-0.05, 0) is 36.4 Å². The van der Waals surface area contributed by atoms with E-state index in [4.69, 9.17) is 0 Å². The number of likely N-dealkylation sites (N-methyl/N-ethyl adjacent to an activating group) is 1. The summed E-state index contributed by atoms with van der Waals surface area (Å²) in [5.41, 5.74) is 1.51. The Hall–Kier alpha value is -2.54. The molecule has 0 atom stereocenters. The van der Waals surface area contributed by atoms with Gasteiger partial charge in [0.05, 0.1) is 6.54 Å². The van der Waals surface area contributed by atoms with Crippen molar-refractivity contribution < 1.29 is 22.7 Å². The first-order valence-corrected chi connectivity index (χ1v) is 7.77. The molecule has 0 radical (unpaired) electrons. The van der Waals surface area contributed by atoms with Crippen molar-refractivity contribution in [1.82, 2.24) is 4.90 Å². The summed E-state index contributed by atoms with van der Waals surface area (Å²) in [5.74, 6) is -0.563. The number of rotatable bonds is 7. The Morgan fingerprint density at radius 3 is 2.28 bits per heavy atom. The zero-order valence-electron chi connectivity index (χ0n) is 13.7. The molecule has 1 N–H and O–H groups in total. The van der Waals surface area contributed by atoms with Crippen LogP contribution in [0.1, 0.15) is 12.5 Å². The fourth-order valence-electron chi connectivity index (χ4n) is 2.26. The van der Waals surface area contributed by atoms with E-state index >= 15 is 0 Å². The van der Waals surface area contributed by atoms with Gasteiger partial charge in [-0.1, -0.05) is 37.3 Å². The Morgan fingerprint density at radius 1 is 1.08 bits per heavy atom. The predicted molar refractivity (Wildman–Crippen MR) is 89.1 cm³/mol. The molecule has 0 unspecified atom stereocenters. The highest BCUT2D eigenvalue weighted by Gasteiger charge is 2.30. The molecule has 25 heavy (non-hydrogen) atoms. The molecule has 0 saturated heterocycles. The van der Waals surface area contributed by atoms with Crippen LogP contribution >= 0.6 is 0 Å². The van der Waals surface area contributed by atoms with Crippen LogP contribution in [-0.4, -0.2) is 30.3 Å². The number of halogens is 3. The summed E-state index contributed by atoms with van der Waals surface area (Å²) in [4.78, 5) is 14.1. The maximum absolute atomic E-state index is 12.1. The first-order valence-electron chi connectivity index (χ1n) is 7.77. The number of hydrogen-bond donors (Lipinski definition) is 1. The zero-order chi connectivity index (χ0) is 18.3. The fourth-order valence-corrected chi connectivity index (χ4v) is 2.26. The second kappa shape index (κ2) is 8.53. The molecule has 134 valence electrons. The maximum Gasteiger partial charge on any atom is 0.573 e. The highest BCUT2D eigenvalue weighted by Crippen LogP contribution is 2.23. The van der Waals surface area contributed by atoms with E-state index in [0.29, 0.717) is 18.8 Å². The average Bonchev–Trinajstić information content (AvgIpc) is 2.55. The van der Waals surface area contributed by atoms with Crippen molar-refractivity contribution in [3.8, 4) is 5.75 Å². The molecule has 2 aromatic carbocycles. The minimum atomic E-state index is -4.73. The van der Waals surface area contributed by atoms with Crippen molar-refractivity contribution in [2.24, 2.45) is 0 Å². The third kappa shape index (κ3) is 6.84. The number of ether oxygens (including phenoxy) is 1. The van der Waals surface area contributed by atoms with E-state index in [0.717, 1.165) is 17.7 Å². The number of anilines is 1. The highest BCUT2D eigenvalue weighted by molar-refractivity contribution is 5.92. The van der Waals surface area contributed by atoms with Gasteiger partial charge in [-0.15, -0.1) is 13.2 Å². The number of nitrogens with one attached hydrogen (secondary N) is 1. The zero-order valence-corrected chi connectivity index (χ0v) is 13.7. The lowest BCUT2D eigenvalue weighted by molar-refractivity contribution is -0.274. The van der Waals surface area contributed by atoms with Gasteiger partial charge in [-0.2, -0.15) is 0 Å². The normalized spacial score (nSPS) is 11.4. The average molecular weight is 352 g/mol. The molecule has 0 aliphatic rings. The molecule has 0 aliphatic carbocycles. The van der Waals surface area contributed by atoms with Crippen LogP contribution < -0.4 is 10.1 Å². The van der Waals surface area contributed by atoms with Gasteiger partial charge < -0.3 is 10.1 Å². The summed E-state index contributed by atoms with van der Waals surface area (Å²) in [6, 6.07) is 14.8. The van der Waals surface area contributed by atoms with Crippen molar-refractivity contribution in [2.45, 2.75) is 19.8 Å². The molecule has 0 bridgehead atoms. The Labute approximate surface area is 144 Å². The number of amides is 1. The number of nitrogens with zero attached hydrogens (tertiary/aromatic N) is 1. The van der Waals surface area contributed by atoms with Crippen molar-refractivity contribution in [3.63, 3.8) is 0 Å². The Morgan fingerprint density at radius 2 is 1.72 bits per heavy atom. The fraction of sp³-hybridized carbons (Fsp3) is 0.278. The van der Waals surface area contributed by atoms with Gasteiger partial charge in [0, 0.05) is 12.2 Å². The van der Waals surface area contributed by atoms with E-state index in [9.17, 15) is 18.0 Å². The summed E-state index contributed by atoms with van der Waals surface area (Å²) < 4.78 is 40.1. The first kappa shape index (κ1) is 18.8. The van der Waals surface area contributed by atoms with E-state index < -0.39 is 6.36 Å². The van der Waals surface area contributed by atoms with Gasteiger partial charge in [0.25, 0.3) is 0 Å². The lowest BCUT2D eigenvalue weighted by Gasteiger charge is -2.20. The molecular formula is C18H19F3N2O2. The van der Waals surface area contributed by atoms with Crippen LogP contribution in [0.15, 0.2) is 54.6 Å². The molecule has 0 heterocycles. The van der Waals surface area contributed by atoms with Gasteiger partial charge in [0.2, 0.25) is 5.91 Å². The van der Waals surface area contributed by atoms with Gasteiger partial charge >= 0.3 is 6.36 Å². The molecule has 0 saturated carbocycles. The van der Waals surface area contributed by atoms with E-state index in [1.165, 1.54) is 12.1 Å². The van der Waals surface area contributed by atoms with Crippen molar-refractivity contribution in [2.75, 3.05) is 18.4 Å². The SMILES string of the molecule is CCN(CC(=O)Nc1ccc(OC(F)(F)F)cc1)Cc1ccccc1. The van der Waals surface area contributed by atoms with Gasteiger partial charge in [-0.25, -0.2) is 0 Å². The molecule has 0 fully saturated rings. The summed E-state index contributed by atoms with van der Waals surface area (Å²) >= 11 is 0. The quantitative estimate of drug-likeness (QED) is 0.818. The lowest BCUT2D eigenvalue weighted by Crippen LogP contribution is -2.32. The molecule has 4 nitrogen and oxygen atoms in total. The minimum absolute atomic E-state index is 0.187. The van der Waals surface area contributed by atoms with Gasteiger partial charge in [0.1, 0.15) is 5.75 Å². The molecule has 2 rings (SSSR count). The van der Waals surface area contributed by atoms with Crippen LogP contribution in [0.2, 0.25) is 0 Å². The van der Waals surface area contributed by atoms with Gasteiger partial charge in [-0.3, -0.25) is 9.69 Å². The Kier molecular flexibility index (Phi) is 6.41. The predicted octanol–water partition coefficient (Wildman–Crippen LogP) is 4.05. The third-order valence-electron chi connectivity index (χ3n) is 3.44. The monoisotopic (exact) mass is 352 g/mol. The summed E-state index contributed by atoms with van der Waals surface area (Å²) in [6.07, 6.45) is -4.73. The lowest BCUT2D eigenvalue weighted by atomic mass is 10.2. The van der Waals surface area contributed by atoms with Crippen molar-refractivity contribution >= 4 is 11.6 Å².